The van der Waals surface area contributed by atoms with Crippen LogP contribution in [0.1, 0.15) is 13.8 Å². The lowest BCUT2D eigenvalue weighted by Gasteiger charge is -2.31. The molecule has 0 unspecified atom stereocenters. The van der Waals surface area contributed by atoms with Gasteiger partial charge in [0.05, 0.1) is 6.33 Å². The van der Waals surface area contributed by atoms with Crippen LogP contribution in [0.5, 0.6) is 11.5 Å². The molecule has 6 heteroatoms. The summed E-state index contributed by atoms with van der Waals surface area (Å²) < 4.78 is 13.5. The molecule has 1 amide bonds. The number of nitrogens with one attached hydrogen (secondary N) is 1. The molecule has 2 heterocycles. The van der Waals surface area contributed by atoms with Gasteiger partial charge >= 0.3 is 0 Å². The highest BCUT2D eigenvalue weighted by molar-refractivity contribution is 5.82. The maximum Gasteiger partial charge on any atom is 0.265 e. The van der Waals surface area contributed by atoms with Crippen molar-refractivity contribution >= 4 is 5.91 Å². The molecule has 3 rings (SSSR count). The van der Waals surface area contributed by atoms with Crippen LogP contribution < -0.4 is 14.8 Å². The summed E-state index contributed by atoms with van der Waals surface area (Å²) >= 11 is 0. The fourth-order valence-electron chi connectivity index (χ4n) is 2.49. The van der Waals surface area contributed by atoms with Crippen molar-refractivity contribution in [3.05, 3.63) is 43.0 Å². The van der Waals surface area contributed by atoms with E-state index in [0.717, 1.165) is 0 Å². The van der Waals surface area contributed by atoms with Crippen molar-refractivity contribution < 1.29 is 14.3 Å². The first-order chi connectivity index (χ1) is 10.6. The van der Waals surface area contributed by atoms with Crippen LogP contribution in [0.25, 0.3) is 0 Å². The van der Waals surface area contributed by atoms with Crippen LogP contribution >= 0.6 is 0 Å². The Balaban J connectivity index is 1.62. The van der Waals surface area contributed by atoms with Gasteiger partial charge < -0.3 is 19.4 Å². The third kappa shape index (κ3) is 3.05. The number of carbonyl (C=O) groups is 1. The number of carbonyl (C=O) groups excluding carboxylic acids is 1. The number of hydrogen-bond acceptors (Lipinski definition) is 4. The van der Waals surface area contributed by atoms with Crippen molar-refractivity contribution in [3.63, 3.8) is 0 Å². The number of aromatic nitrogens is 2. The van der Waals surface area contributed by atoms with Gasteiger partial charge in [-0.25, -0.2) is 4.98 Å². The molecule has 0 fully saturated rings. The van der Waals surface area contributed by atoms with Crippen LogP contribution in [0.4, 0.5) is 0 Å². The second-order valence-corrected chi connectivity index (χ2v) is 5.48. The molecule has 3 atom stereocenters. The Labute approximate surface area is 129 Å². The number of amides is 1. The molecule has 22 heavy (non-hydrogen) atoms. The van der Waals surface area contributed by atoms with Crippen molar-refractivity contribution in [2.24, 2.45) is 0 Å². The van der Waals surface area contributed by atoms with Crippen LogP contribution in [0.15, 0.2) is 43.0 Å². The van der Waals surface area contributed by atoms with Crippen LogP contribution in [-0.4, -0.2) is 33.7 Å². The zero-order chi connectivity index (χ0) is 15.5. The monoisotopic (exact) mass is 301 g/mol. The molecule has 6 nitrogen and oxygen atoms in total. The summed E-state index contributed by atoms with van der Waals surface area (Å²) in [6.07, 6.45) is 4.31. The number of nitrogens with zero attached hydrogens (tertiary/aromatic N) is 2. The first-order valence-corrected chi connectivity index (χ1v) is 7.32. The van der Waals surface area contributed by atoms with E-state index < -0.39 is 6.10 Å². The number of fused-ring (bicyclic) bond motifs is 1. The van der Waals surface area contributed by atoms with E-state index in [0.29, 0.717) is 18.0 Å². The quantitative estimate of drug-likeness (QED) is 0.932. The molecule has 1 aliphatic rings. The van der Waals surface area contributed by atoms with Gasteiger partial charge in [-0.3, -0.25) is 4.79 Å². The Kier molecular flexibility index (Phi) is 4.00. The van der Waals surface area contributed by atoms with E-state index in [1.165, 1.54) is 0 Å². The summed E-state index contributed by atoms with van der Waals surface area (Å²) in [5.74, 6) is 1.10. The SMILES string of the molecule is C[C@H](Cn1ccnc1)NC(=O)[C@H]1Oc2ccccc2O[C@H]1C. The van der Waals surface area contributed by atoms with Crippen LogP contribution in [0.3, 0.4) is 0 Å². The van der Waals surface area contributed by atoms with E-state index in [9.17, 15) is 4.79 Å². The van der Waals surface area contributed by atoms with Crippen molar-refractivity contribution in [2.45, 2.75) is 38.6 Å². The first kappa shape index (κ1) is 14.4. The summed E-state index contributed by atoms with van der Waals surface area (Å²) in [5, 5.41) is 2.96. The topological polar surface area (TPSA) is 65.4 Å². The van der Waals surface area contributed by atoms with E-state index >= 15 is 0 Å². The summed E-state index contributed by atoms with van der Waals surface area (Å²) in [5.41, 5.74) is 0. The zero-order valence-electron chi connectivity index (χ0n) is 12.6. The van der Waals surface area contributed by atoms with Gasteiger partial charge in [0.2, 0.25) is 6.10 Å². The standard InChI is InChI=1S/C16H19N3O3/c1-11(9-19-8-7-17-10-19)18-16(20)15-12(2)21-13-5-3-4-6-14(13)22-15/h3-8,10-12,15H,9H2,1-2H3,(H,18,20)/t11-,12+,15+/m1/s1. The predicted molar refractivity (Wildman–Crippen MR) is 80.8 cm³/mol. The van der Waals surface area contributed by atoms with E-state index in [1.807, 2.05) is 42.8 Å². The average molecular weight is 301 g/mol. The third-order valence-corrected chi connectivity index (χ3v) is 3.53. The molecule has 1 aromatic heterocycles. The van der Waals surface area contributed by atoms with Gasteiger partial charge in [-0.05, 0) is 26.0 Å². The predicted octanol–water partition coefficient (Wildman–Crippen LogP) is 1.62. The fourth-order valence-corrected chi connectivity index (χ4v) is 2.49. The van der Waals surface area contributed by atoms with Gasteiger partial charge in [-0.2, -0.15) is 0 Å². The Bertz CT molecular complexity index is 642. The normalized spacial score (nSPS) is 21.2. The number of rotatable bonds is 4. The molecule has 0 aliphatic carbocycles. The number of imidazole rings is 1. The molecule has 1 aromatic carbocycles. The minimum Gasteiger partial charge on any atom is -0.482 e. The average Bonchev–Trinajstić information content (AvgIpc) is 2.99. The Morgan fingerprint density at radius 1 is 1.36 bits per heavy atom. The second kappa shape index (κ2) is 6.09. The number of para-hydroxylation sites is 2. The van der Waals surface area contributed by atoms with Crippen molar-refractivity contribution in [2.75, 3.05) is 0 Å². The molecule has 0 bridgehead atoms. The number of ether oxygens (including phenoxy) is 2. The summed E-state index contributed by atoms with van der Waals surface area (Å²) in [6, 6.07) is 7.34. The van der Waals surface area contributed by atoms with Crippen LogP contribution in [0, 0.1) is 0 Å². The van der Waals surface area contributed by atoms with Crippen molar-refractivity contribution in [1.82, 2.24) is 14.9 Å². The van der Waals surface area contributed by atoms with Crippen molar-refractivity contribution in [3.8, 4) is 11.5 Å². The maximum absolute atomic E-state index is 12.4. The lowest BCUT2D eigenvalue weighted by molar-refractivity contribution is -0.134. The fraction of sp³-hybridized carbons (Fsp3) is 0.375. The van der Waals surface area contributed by atoms with Crippen molar-refractivity contribution in [1.29, 1.82) is 0 Å². The maximum atomic E-state index is 12.4. The van der Waals surface area contributed by atoms with Gasteiger partial charge in [0.25, 0.3) is 5.91 Å². The molecule has 0 spiro atoms. The Morgan fingerprint density at radius 3 is 2.77 bits per heavy atom. The van der Waals surface area contributed by atoms with E-state index in [4.69, 9.17) is 9.47 Å². The van der Waals surface area contributed by atoms with E-state index in [2.05, 4.69) is 10.3 Å². The minimum absolute atomic E-state index is 0.0327. The summed E-state index contributed by atoms with van der Waals surface area (Å²) in [7, 11) is 0. The molecule has 0 saturated heterocycles. The second-order valence-electron chi connectivity index (χ2n) is 5.48. The Hall–Kier alpha value is -2.50. The van der Waals surface area contributed by atoms with Crippen LogP contribution in [0.2, 0.25) is 0 Å². The lowest BCUT2D eigenvalue weighted by Crippen LogP contribution is -2.51. The minimum atomic E-state index is -0.653. The smallest absolute Gasteiger partial charge is 0.265 e. The van der Waals surface area contributed by atoms with Gasteiger partial charge in [0.15, 0.2) is 11.5 Å². The van der Waals surface area contributed by atoms with Gasteiger partial charge in [-0.15, -0.1) is 0 Å². The van der Waals surface area contributed by atoms with E-state index in [1.54, 1.807) is 18.6 Å². The zero-order valence-corrected chi connectivity index (χ0v) is 12.6. The first-order valence-electron chi connectivity index (χ1n) is 7.32. The van der Waals surface area contributed by atoms with Gasteiger partial charge in [0.1, 0.15) is 6.10 Å². The number of hydrogen-bond donors (Lipinski definition) is 1. The molecule has 116 valence electrons. The highest BCUT2D eigenvalue weighted by atomic mass is 16.6. The molecular weight excluding hydrogens is 282 g/mol. The largest absolute Gasteiger partial charge is 0.482 e. The summed E-state index contributed by atoms with van der Waals surface area (Å²) in [4.78, 5) is 16.4. The molecule has 1 N–H and O–H groups in total. The number of benzene rings is 1. The highest BCUT2D eigenvalue weighted by Crippen LogP contribution is 2.33. The molecule has 2 aromatic rings. The summed E-state index contributed by atoms with van der Waals surface area (Å²) in [6.45, 7) is 4.44. The highest BCUT2D eigenvalue weighted by Gasteiger charge is 2.34. The van der Waals surface area contributed by atoms with Crippen LogP contribution in [-0.2, 0) is 11.3 Å². The Morgan fingerprint density at radius 2 is 2.09 bits per heavy atom. The molecule has 0 radical (unpaired) electrons. The lowest BCUT2D eigenvalue weighted by atomic mass is 10.1. The third-order valence-electron chi connectivity index (χ3n) is 3.53. The molecule has 1 aliphatic heterocycles. The molecule has 0 saturated carbocycles. The van der Waals surface area contributed by atoms with Gasteiger partial charge in [-0.1, -0.05) is 12.1 Å². The van der Waals surface area contributed by atoms with E-state index in [-0.39, 0.29) is 18.1 Å². The molecular formula is C16H19N3O3. The van der Waals surface area contributed by atoms with Gasteiger partial charge in [0, 0.05) is 25.0 Å².